The van der Waals surface area contributed by atoms with Gasteiger partial charge in [0.05, 0.1) is 17.7 Å². The third-order valence-corrected chi connectivity index (χ3v) is 3.86. The highest BCUT2D eigenvalue weighted by Crippen LogP contribution is 2.36. The van der Waals surface area contributed by atoms with E-state index in [4.69, 9.17) is 11.0 Å². The topological polar surface area (TPSA) is 53.0 Å². The third kappa shape index (κ3) is 2.33. The quantitative estimate of drug-likeness (QED) is 0.844. The lowest BCUT2D eigenvalue weighted by molar-refractivity contribution is 0.719. The van der Waals surface area contributed by atoms with Crippen LogP contribution in [-0.4, -0.2) is 6.54 Å². The van der Waals surface area contributed by atoms with Gasteiger partial charge in [-0.3, -0.25) is 0 Å². The summed E-state index contributed by atoms with van der Waals surface area (Å²) >= 11 is 0. The number of nitrogens with two attached hydrogens (primary N) is 1. The Hall–Kier alpha value is -2.47. The van der Waals surface area contributed by atoms with Crippen LogP contribution in [0.2, 0.25) is 0 Å². The lowest BCUT2D eigenvalue weighted by Crippen LogP contribution is -2.22. The van der Waals surface area contributed by atoms with E-state index < -0.39 is 0 Å². The van der Waals surface area contributed by atoms with Crippen LogP contribution in [0.5, 0.6) is 0 Å². The highest BCUT2D eigenvalue weighted by atomic mass is 15.2. The summed E-state index contributed by atoms with van der Waals surface area (Å²) in [6, 6.07) is 18.5. The van der Waals surface area contributed by atoms with Gasteiger partial charge in [-0.1, -0.05) is 18.2 Å². The molecular formula is C17H17N3. The molecule has 20 heavy (non-hydrogen) atoms. The zero-order valence-corrected chi connectivity index (χ0v) is 11.3. The van der Waals surface area contributed by atoms with Gasteiger partial charge in [0.2, 0.25) is 0 Å². The van der Waals surface area contributed by atoms with Gasteiger partial charge in [0, 0.05) is 17.9 Å². The summed E-state index contributed by atoms with van der Waals surface area (Å²) in [6.07, 6.45) is 2.29. The van der Waals surface area contributed by atoms with Gasteiger partial charge in [-0.2, -0.15) is 5.26 Å². The minimum atomic E-state index is 0.354. The first kappa shape index (κ1) is 12.6. The van der Waals surface area contributed by atoms with Crippen molar-refractivity contribution in [3.63, 3.8) is 0 Å². The van der Waals surface area contributed by atoms with Gasteiger partial charge in [0.1, 0.15) is 0 Å². The van der Waals surface area contributed by atoms with Gasteiger partial charge in [-0.25, -0.2) is 0 Å². The lowest BCUT2D eigenvalue weighted by atomic mass is 10.0. The summed E-state index contributed by atoms with van der Waals surface area (Å²) in [7, 11) is 0. The van der Waals surface area contributed by atoms with Crippen LogP contribution in [0.4, 0.5) is 11.4 Å². The van der Waals surface area contributed by atoms with Gasteiger partial charge < -0.3 is 10.6 Å². The molecule has 100 valence electrons. The molecule has 2 aromatic carbocycles. The molecule has 2 aromatic rings. The van der Waals surface area contributed by atoms with Crippen LogP contribution in [0.15, 0.2) is 48.5 Å². The second-order valence-electron chi connectivity index (χ2n) is 5.18. The largest absolute Gasteiger partial charge is 0.399 e. The fourth-order valence-electron chi connectivity index (χ4n) is 2.94. The van der Waals surface area contributed by atoms with Crippen molar-refractivity contribution in [2.24, 2.45) is 0 Å². The summed E-state index contributed by atoms with van der Waals surface area (Å²) in [5.41, 5.74) is 9.78. The smallest absolute Gasteiger partial charge is 0.0992 e. The number of hydrogen-bond donors (Lipinski definition) is 1. The summed E-state index contributed by atoms with van der Waals surface area (Å²) in [4.78, 5) is 2.37. The van der Waals surface area contributed by atoms with E-state index in [9.17, 15) is 0 Å². The zero-order chi connectivity index (χ0) is 13.9. The molecule has 0 spiro atoms. The van der Waals surface area contributed by atoms with Crippen LogP contribution in [0.3, 0.4) is 0 Å². The van der Waals surface area contributed by atoms with Gasteiger partial charge in [0.25, 0.3) is 0 Å². The summed E-state index contributed by atoms with van der Waals surface area (Å²) in [5, 5.41) is 9.04. The van der Waals surface area contributed by atoms with E-state index in [0.717, 1.165) is 30.8 Å². The number of benzene rings is 2. The van der Waals surface area contributed by atoms with E-state index in [1.165, 1.54) is 5.56 Å². The Labute approximate surface area is 119 Å². The standard InChI is InChI=1S/C17H17N3/c18-12-13-4-1-7-16(10-13)20-9-3-8-17(20)14-5-2-6-15(19)11-14/h1-2,4-7,10-11,17H,3,8-9,19H2. The minimum Gasteiger partial charge on any atom is -0.399 e. The molecule has 1 aliphatic heterocycles. The van der Waals surface area contributed by atoms with Gasteiger partial charge in [0.15, 0.2) is 0 Å². The Balaban J connectivity index is 1.94. The molecule has 3 rings (SSSR count). The van der Waals surface area contributed by atoms with E-state index in [0.29, 0.717) is 11.6 Å². The molecule has 1 aliphatic rings. The number of anilines is 2. The molecule has 1 atom stereocenters. The van der Waals surface area contributed by atoms with Crippen LogP contribution in [-0.2, 0) is 0 Å². The maximum absolute atomic E-state index is 9.04. The summed E-state index contributed by atoms with van der Waals surface area (Å²) < 4.78 is 0. The molecule has 0 amide bonds. The SMILES string of the molecule is N#Cc1cccc(N2CCCC2c2cccc(N)c2)c1. The monoisotopic (exact) mass is 263 g/mol. The molecule has 0 aromatic heterocycles. The average Bonchev–Trinajstić information content (AvgIpc) is 2.97. The molecule has 1 unspecified atom stereocenters. The number of nitrogen functional groups attached to an aromatic ring is 1. The number of nitrogens with zero attached hydrogens (tertiary/aromatic N) is 2. The molecule has 0 saturated carbocycles. The van der Waals surface area contributed by atoms with Crippen LogP contribution >= 0.6 is 0 Å². The third-order valence-electron chi connectivity index (χ3n) is 3.86. The Bertz CT molecular complexity index is 657. The van der Waals surface area contributed by atoms with Gasteiger partial charge >= 0.3 is 0 Å². The zero-order valence-electron chi connectivity index (χ0n) is 11.3. The fourth-order valence-corrected chi connectivity index (χ4v) is 2.94. The maximum Gasteiger partial charge on any atom is 0.0992 e. The van der Waals surface area contributed by atoms with E-state index in [1.807, 2.05) is 30.3 Å². The second kappa shape index (κ2) is 5.26. The van der Waals surface area contributed by atoms with Crippen molar-refractivity contribution in [1.82, 2.24) is 0 Å². The van der Waals surface area contributed by atoms with Crippen LogP contribution in [0.1, 0.15) is 30.0 Å². The molecule has 0 bridgehead atoms. The van der Waals surface area contributed by atoms with E-state index in [-0.39, 0.29) is 0 Å². The molecule has 0 radical (unpaired) electrons. The molecule has 3 nitrogen and oxygen atoms in total. The van der Waals surface area contributed by atoms with Crippen molar-refractivity contribution >= 4 is 11.4 Å². The van der Waals surface area contributed by atoms with Gasteiger partial charge in [-0.05, 0) is 48.7 Å². The van der Waals surface area contributed by atoms with Crippen LogP contribution < -0.4 is 10.6 Å². The first-order valence-electron chi connectivity index (χ1n) is 6.90. The average molecular weight is 263 g/mol. The maximum atomic E-state index is 9.04. The Morgan fingerprint density at radius 1 is 1.15 bits per heavy atom. The van der Waals surface area contributed by atoms with Crippen molar-refractivity contribution in [2.45, 2.75) is 18.9 Å². The molecular weight excluding hydrogens is 246 g/mol. The van der Waals surface area contributed by atoms with Crippen molar-refractivity contribution in [1.29, 1.82) is 5.26 Å². The molecule has 1 fully saturated rings. The normalized spacial score (nSPS) is 17.9. The van der Waals surface area contributed by atoms with Crippen LogP contribution in [0.25, 0.3) is 0 Å². The van der Waals surface area contributed by atoms with Crippen molar-refractivity contribution in [2.75, 3.05) is 17.2 Å². The van der Waals surface area contributed by atoms with Crippen molar-refractivity contribution < 1.29 is 0 Å². The van der Waals surface area contributed by atoms with E-state index >= 15 is 0 Å². The first-order chi connectivity index (χ1) is 9.78. The molecule has 3 heteroatoms. The summed E-state index contributed by atoms with van der Waals surface area (Å²) in [6.45, 7) is 1.02. The van der Waals surface area contributed by atoms with E-state index in [2.05, 4.69) is 29.2 Å². The number of nitriles is 1. The minimum absolute atomic E-state index is 0.354. The number of hydrogen-bond acceptors (Lipinski definition) is 3. The van der Waals surface area contributed by atoms with Crippen molar-refractivity contribution in [3.05, 3.63) is 59.7 Å². The van der Waals surface area contributed by atoms with E-state index in [1.54, 1.807) is 0 Å². The fraction of sp³-hybridized carbons (Fsp3) is 0.235. The summed E-state index contributed by atoms with van der Waals surface area (Å²) in [5.74, 6) is 0. The molecule has 0 aliphatic carbocycles. The highest BCUT2D eigenvalue weighted by molar-refractivity contribution is 5.55. The Morgan fingerprint density at radius 3 is 2.80 bits per heavy atom. The second-order valence-corrected chi connectivity index (χ2v) is 5.18. The van der Waals surface area contributed by atoms with Crippen molar-refractivity contribution in [3.8, 4) is 6.07 Å². The number of rotatable bonds is 2. The Kier molecular flexibility index (Phi) is 3.30. The van der Waals surface area contributed by atoms with Gasteiger partial charge in [-0.15, -0.1) is 0 Å². The molecule has 2 N–H and O–H groups in total. The lowest BCUT2D eigenvalue weighted by Gasteiger charge is -2.27. The highest BCUT2D eigenvalue weighted by Gasteiger charge is 2.26. The first-order valence-corrected chi connectivity index (χ1v) is 6.90. The predicted molar refractivity (Wildman–Crippen MR) is 81.3 cm³/mol. The molecule has 1 saturated heterocycles. The Morgan fingerprint density at radius 2 is 2.00 bits per heavy atom. The van der Waals surface area contributed by atoms with Crippen LogP contribution in [0, 0.1) is 11.3 Å². The molecule has 1 heterocycles. The predicted octanol–water partition coefficient (Wildman–Crippen LogP) is 3.48.